The van der Waals surface area contributed by atoms with Gasteiger partial charge in [0.1, 0.15) is 0 Å². The zero-order valence-corrected chi connectivity index (χ0v) is 17.6. The quantitative estimate of drug-likeness (QED) is 0.517. The third-order valence-electron chi connectivity index (χ3n) is 5.82. The maximum atomic E-state index is 13.0. The van der Waals surface area contributed by atoms with E-state index >= 15 is 0 Å². The highest BCUT2D eigenvalue weighted by molar-refractivity contribution is 6.38. The number of fused-ring (bicyclic) bond motifs is 1. The fourth-order valence-corrected chi connectivity index (χ4v) is 4.45. The highest BCUT2D eigenvalue weighted by Crippen LogP contribution is 2.32. The molecule has 2 heterocycles. The molecule has 1 aliphatic heterocycles. The molecule has 1 unspecified atom stereocenters. The average molecular weight is 450 g/mol. The van der Waals surface area contributed by atoms with Gasteiger partial charge >= 0.3 is 6.18 Å². The second-order valence-corrected chi connectivity index (χ2v) is 8.19. The van der Waals surface area contributed by atoms with Gasteiger partial charge in [-0.05, 0) is 61.8 Å². The number of aromatic nitrogens is 1. The molecule has 0 saturated carbocycles. The van der Waals surface area contributed by atoms with Gasteiger partial charge in [0.2, 0.25) is 0 Å². The van der Waals surface area contributed by atoms with Crippen molar-refractivity contribution in [2.24, 2.45) is 0 Å². The summed E-state index contributed by atoms with van der Waals surface area (Å²) in [4.78, 5) is 18.1. The third-order valence-corrected chi connectivity index (χ3v) is 6.23. The van der Waals surface area contributed by atoms with Crippen LogP contribution in [0.2, 0.25) is 5.02 Å². The maximum absolute atomic E-state index is 13.0. The summed E-state index contributed by atoms with van der Waals surface area (Å²) in [5, 5.41) is 4.08. The molecule has 0 bridgehead atoms. The van der Waals surface area contributed by atoms with Crippen LogP contribution in [0.15, 0.2) is 48.7 Å². The lowest BCUT2D eigenvalue weighted by Gasteiger charge is -2.35. The van der Waals surface area contributed by atoms with Crippen molar-refractivity contribution in [3.8, 4) is 0 Å². The smallest absolute Gasteiger partial charge is 0.361 e. The molecule has 8 heteroatoms. The van der Waals surface area contributed by atoms with Crippen LogP contribution in [0, 0.1) is 0 Å². The summed E-state index contributed by atoms with van der Waals surface area (Å²) in [6, 6.07) is 10.3. The molecule has 1 fully saturated rings. The molecule has 0 radical (unpaired) electrons. The van der Waals surface area contributed by atoms with Gasteiger partial charge in [0.15, 0.2) is 0 Å². The van der Waals surface area contributed by atoms with E-state index in [1.807, 2.05) is 6.07 Å². The topological polar surface area (TPSA) is 48.1 Å². The van der Waals surface area contributed by atoms with E-state index in [1.54, 1.807) is 18.3 Å². The SMILES string of the molecule is O=C(NCC(c1ccc(C(F)(F)F)cc1)N1CCCCC1)c1ccc2[nH]ccc2c1Cl. The third kappa shape index (κ3) is 4.72. The minimum absolute atomic E-state index is 0.207. The van der Waals surface area contributed by atoms with Crippen LogP contribution in [-0.2, 0) is 6.18 Å². The lowest BCUT2D eigenvalue weighted by Crippen LogP contribution is -2.40. The van der Waals surface area contributed by atoms with Gasteiger partial charge in [0.05, 0.1) is 22.2 Å². The van der Waals surface area contributed by atoms with Gasteiger partial charge < -0.3 is 10.3 Å². The lowest BCUT2D eigenvalue weighted by molar-refractivity contribution is -0.137. The van der Waals surface area contributed by atoms with Gasteiger partial charge in [-0.2, -0.15) is 13.2 Å². The minimum Gasteiger partial charge on any atom is -0.361 e. The maximum Gasteiger partial charge on any atom is 0.416 e. The van der Waals surface area contributed by atoms with Crippen molar-refractivity contribution in [1.29, 1.82) is 0 Å². The Balaban J connectivity index is 1.54. The predicted octanol–water partition coefficient (Wildman–Crippen LogP) is 5.80. The molecule has 0 spiro atoms. The van der Waals surface area contributed by atoms with Crippen LogP contribution in [0.1, 0.15) is 46.8 Å². The largest absolute Gasteiger partial charge is 0.416 e. The second-order valence-electron chi connectivity index (χ2n) is 7.81. The van der Waals surface area contributed by atoms with Crippen LogP contribution in [0.3, 0.4) is 0 Å². The van der Waals surface area contributed by atoms with Crippen LogP contribution in [0.25, 0.3) is 10.9 Å². The van der Waals surface area contributed by atoms with Crippen molar-refractivity contribution in [3.05, 3.63) is 70.4 Å². The molecule has 1 amide bonds. The Morgan fingerprint density at radius 1 is 1.06 bits per heavy atom. The summed E-state index contributed by atoms with van der Waals surface area (Å²) in [6.45, 7) is 1.97. The number of hydrogen-bond donors (Lipinski definition) is 2. The van der Waals surface area contributed by atoms with Crippen LogP contribution >= 0.6 is 11.6 Å². The Labute approximate surface area is 183 Å². The second kappa shape index (κ2) is 8.93. The van der Waals surface area contributed by atoms with Crippen molar-refractivity contribution in [3.63, 3.8) is 0 Å². The minimum atomic E-state index is -4.37. The van der Waals surface area contributed by atoms with Crippen molar-refractivity contribution in [1.82, 2.24) is 15.2 Å². The number of alkyl halides is 3. The Morgan fingerprint density at radius 3 is 2.45 bits per heavy atom. The lowest BCUT2D eigenvalue weighted by atomic mass is 10.00. The van der Waals surface area contributed by atoms with E-state index in [0.29, 0.717) is 10.6 Å². The first-order chi connectivity index (χ1) is 14.8. The zero-order valence-electron chi connectivity index (χ0n) is 16.8. The summed E-state index contributed by atoms with van der Waals surface area (Å²) in [6.07, 6.45) is 0.577. The number of amides is 1. The first-order valence-electron chi connectivity index (χ1n) is 10.3. The van der Waals surface area contributed by atoms with E-state index in [4.69, 9.17) is 11.6 Å². The summed E-state index contributed by atoms with van der Waals surface area (Å²) in [5.41, 5.74) is 1.29. The molecule has 2 aromatic carbocycles. The van der Waals surface area contributed by atoms with Gasteiger partial charge in [0, 0.05) is 23.6 Å². The predicted molar refractivity (Wildman–Crippen MR) is 115 cm³/mol. The molecular formula is C23H23ClF3N3O. The Hall–Kier alpha value is -2.51. The molecule has 4 rings (SSSR count). The highest BCUT2D eigenvalue weighted by atomic mass is 35.5. The summed E-state index contributed by atoms with van der Waals surface area (Å²) >= 11 is 6.42. The number of benzene rings is 2. The number of aromatic amines is 1. The van der Waals surface area contributed by atoms with Crippen molar-refractivity contribution in [2.75, 3.05) is 19.6 Å². The number of likely N-dealkylation sites (tertiary alicyclic amines) is 1. The molecule has 1 atom stereocenters. The number of carbonyl (C=O) groups excluding carboxylic acids is 1. The fraction of sp³-hybridized carbons (Fsp3) is 0.348. The van der Waals surface area contributed by atoms with Gasteiger partial charge in [-0.15, -0.1) is 0 Å². The van der Waals surface area contributed by atoms with Crippen LogP contribution in [0.4, 0.5) is 13.2 Å². The fourth-order valence-electron chi connectivity index (χ4n) is 4.14. The highest BCUT2D eigenvalue weighted by Gasteiger charge is 2.31. The number of halogens is 4. The van der Waals surface area contributed by atoms with Crippen LogP contribution in [-0.4, -0.2) is 35.4 Å². The molecule has 1 aliphatic rings. The van der Waals surface area contributed by atoms with Crippen LogP contribution < -0.4 is 5.32 Å². The average Bonchev–Trinajstić information content (AvgIpc) is 3.24. The van der Waals surface area contributed by atoms with Crippen molar-refractivity contribution >= 4 is 28.4 Å². The molecule has 0 aliphatic carbocycles. The van der Waals surface area contributed by atoms with Gasteiger partial charge in [-0.25, -0.2) is 0 Å². The van der Waals surface area contributed by atoms with E-state index < -0.39 is 11.7 Å². The van der Waals surface area contributed by atoms with Crippen molar-refractivity contribution in [2.45, 2.75) is 31.5 Å². The number of carbonyl (C=O) groups is 1. The number of nitrogens with one attached hydrogen (secondary N) is 2. The van der Waals surface area contributed by atoms with Crippen molar-refractivity contribution < 1.29 is 18.0 Å². The van der Waals surface area contributed by atoms with E-state index in [9.17, 15) is 18.0 Å². The first-order valence-corrected chi connectivity index (χ1v) is 10.7. The summed E-state index contributed by atoms with van der Waals surface area (Å²) in [7, 11) is 0. The molecule has 164 valence electrons. The van der Waals surface area contributed by atoms with E-state index in [0.717, 1.165) is 61.0 Å². The molecule has 4 nitrogen and oxygen atoms in total. The van der Waals surface area contributed by atoms with Crippen LogP contribution in [0.5, 0.6) is 0 Å². The first kappa shape index (κ1) is 21.7. The van der Waals surface area contributed by atoms with E-state index in [-0.39, 0.29) is 18.5 Å². The molecule has 1 saturated heterocycles. The molecule has 1 aromatic heterocycles. The number of hydrogen-bond acceptors (Lipinski definition) is 2. The normalized spacial score (nSPS) is 16.4. The summed E-state index contributed by atoms with van der Waals surface area (Å²) < 4.78 is 38.9. The Morgan fingerprint density at radius 2 is 1.77 bits per heavy atom. The Bertz CT molecular complexity index is 1060. The number of piperidine rings is 1. The molecule has 31 heavy (non-hydrogen) atoms. The van der Waals surface area contributed by atoms with Gasteiger partial charge in [0.25, 0.3) is 5.91 Å². The molecule has 3 aromatic rings. The van der Waals surface area contributed by atoms with Gasteiger partial charge in [-0.1, -0.05) is 30.2 Å². The Kier molecular flexibility index (Phi) is 6.25. The van der Waals surface area contributed by atoms with E-state index in [2.05, 4.69) is 15.2 Å². The standard InChI is InChI=1S/C23H23ClF3N3O/c24-21-17-10-11-28-19(17)9-8-18(21)22(31)29-14-20(30-12-2-1-3-13-30)15-4-6-16(7-5-15)23(25,26)27/h4-11,20,28H,1-3,12-14H2,(H,29,31). The monoisotopic (exact) mass is 449 g/mol. The molecular weight excluding hydrogens is 427 g/mol. The van der Waals surface area contributed by atoms with E-state index in [1.165, 1.54) is 12.1 Å². The summed E-state index contributed by atoms with van der Waals surface area (Å²) in [5.74, 6) is -0.304. The number of nitrogens with zero attached hydrogens (tertiary/aromatic N) is 1. The zero-order chi connectivity index (χ0) is 22.0. The number of H-pyrrole nitrogens is 1. The van der Waals surface area contributed by atoms with Gasteiger partial charge in [-0.3, -0.25) is 9.69 Å². The molecule has 2 N–H and O–H groups in total. The number of rotatable bonds is 5.